The van der Waals surface area contributed by atoms with Crippen molar-refractivity contribution in [2.24, 2.45) is 0 Å². The molecule has 2 heterocycles. The van der Waals surface area contributed by atoms with Gasteiger partial charge in [0.05, 0.1) is 32.3 Å². The summed E-state index contributed by atoms with van der Waals surface area (Å²) < 4.78 is 16.3. The number of benzene rings is 1. The number of H-pyrrole nitrogens is 1. The van der Waals surface area contributed by atoms with Crippen molar-refractivity contribution in [3.05, 3.63) is 29.0 Å². The molecule has 8 heteroatoms. The maximum absolute atomic E-state index is 11.9. The molecule has 2 N–H and O–H groups in total. The fraction of sp³-hybridized carbons (Fsp3) is 0.375. The number of amides is 1. The van der Waals surface area contributed by atoms with Gasteiger partial charge in [0.1, 0.15) is 0 Å². The highest BCUT2D eigenvalue weighted by molar-refractivity contribution is 8.00. The SMILES string of the molecule is COc1cc([C@H]2SCC(=O)Nc3n[nH]c(C)c32)cc(OC)c1OC. The number of carbonyl (C=O) groups excluding carboxylic acids is 1. The highest BCUT2D eigenvalue weighted by Crippen LogP contribution is 2.47. The highest BCUT2D eigenvalue weighted by Gasteiger charge is 2.29. The van der Waals surface area contributed by atoms with Crippen LogP contribution in [-0.2, 0) is 4.79 Å². The minimum Gasteiger partial charge on any atom is -0.493 e. The summed E-state index contributed by atoms with van der Waals surface area (Å²) in [6.07, 6.45) is 0. The third kappa shape index (κ3) is 2.77. The summed E-state index contributed by atoms with van der Waals surface area (Å²) in [5.41, 5.74) is 2.83. The van der Waals surface area contributed by atoms with E-state index in [-0.39, 0.29) is 11.2 Å². The quantitative estimate of drug-likeness (QED) is 0.882. The molecule has 0 saturated carbocycles. The number of nitrogens with zero attached hydrogens (tertiary/aromatic N) is 1. The van der Waals surface area contributed by atoms with Crippen LogP contribution in [0.15, 0.2) is 12.1 Å². The van der Waals surface area contributed by atoms with E-state index in [1.54, 1.807) is 21.3 Å². The van der Waals surface area contributed by atoms with Crippen LogP contribution in [0.1, 0.15) is 22.1 Å². The van der Waals surface area contributed by atoms with Crippen molar-refractivity contribution in [3.63, 3.8) is 0 Å². The monoisotopic (exact) mass is 349 g/mol. The minimum atomic E-state index is -0.0774. The number of hydrogen-bond acceptors (Lipinski definition) is 6. The van der Waals surface area contributed by atoms with Gasteiger partial charge >= 0.3 is 0 Å². The summed E-state index contributed by atoms with van der Waals surface area (Å²) in [7, 11) is 4.74. The number of thioether (sulfide) groups is 1. The first-order valence-corrected chi connectivity index (χ1v) is 8.40. The maximum Gasteiger partial charge on any atom is 0.235 e. The Morgan fingerprint density at radius 3 is 2.42 bits per heavy atom. The van der Waals surface area contributed by atoms with Crippen molar-refractivity contribution in [1.82, 2.24) is 10.2 Å². The first-order valence-electron chi connectivity index (χ1n) is 7.35. The zero-order chi connectivity index (χ0) is 17.3. The second-order valence-corrected chi connectivity index (χ2v) is 6.40. The van der Waals surface area contributed by atoms with Gasteiger partial charge in [-0.3, -0.25) is 9.89 Å². The molecule has 0 fully saturated rings. The molecular formula is C16H19N3O4S. The normalized spacial score (nSPS) is 16.8. The van der Waals surface area contributed by atoms with Gasteiger partial charge < -0.3 is 19.5 Å². The molecule has 128 valence electrons. The molecule has 0 unspecified atom stereocenters. The molecule has 1 aromatic carbocycles. The van der Waals surface area contributed by atoms with Gasteiger partial charge in [-0.05, 0) is 24.6 Å². The predicted octanol–water partition coefficient (Wildman–Crippen LogP) is 2.52. The van der Waals surface area contributed by atoms with E-state index in [0.717, 1.165) is 16.8 Å². The van der Waals surface area contributed by atoms with E-state index in [9.17, 15) is 4.79 Å². The van der Waals surface area contributed by atoms with Gasteiger partial charge in [-0.25, -0.2) is 0 Å². The molecule has 1 amide bonds. The molecule has 0 radical (unpaired) electrons. The van der Waals surface area contributed by atoms with Gasteiger partial charge in [0.15, 0.2) is 17.3 Å². The number of carbonyl (C=O) groups is 1. The largest absolute Gasteiger partial charge is 0.493 e. The highest BCUT2D eigenvalue weighted by atomic mass is 32.2. The van der Waals surface area contributed by atoms with Crippen molar-refractivity contribution in [2.75, 3.05) is 32.4 Å². The van der Waals surface area contributed by atoms with Crippen molar-refractivity contribution in [2.45, 2.75) is 12.2 Å². The minimum absolute atomic E-state index is 0.0670. The zero-order valence-electron chi connectivity index (χ0n) is 13.9. The van der Waals surface area contributed by atoms with Crippen LogP contribution >= 0.6 is 11.8 Å². The van der Waals surface area contributed by atoms with Crippen LogP contribution in [0.4, 0.5) is 5.82 Å². The Labute approximate surface area is 144 Å². The Hall–Kier alpha value is -2.35. The molecule has 24 heavy (non-hydrogen) atoms. The molecule has 7 nitrogen and oxygen atoms in total. The van der Waals surface area contributed by atoms with Crippen molar-refractivity contribution in [1.29, 1.82) is 0 Å². The van der Waals surface area contributed by atoms with Crippen LogP contribution < -0.4 is 19.5 Å². The third-order valence-electron chi connectivity index (χ3n) is 3.89. The number of anilines is 1. The summed E-state index contributed by atoms with van der Waals surface area (Å²) in [4.78, 5) is 11.9. The number of aromatic nitrogens is 2. The number of nitrogens with one attached hydrogen (secondary N) is 2. The second kappa shape index (κ2) is 6.64. The van der Waals surface area contributed by atoms with Gasteiger partial charge in [0, 0.05) is 11.3 Å². The number of fused-ring (bicyclic) bond motifs is 1. The molecule has 3 rings (SSSR count). The molecular weight excluding hydrogens is 330 g/mol. The fourth-order valence-corrected chi connectivity index (χ4v) is 3.95. The standard InChI is InChI=1S/C16H19N3O4S/c1-8-13-15(24-7-12(20)17-16(13)19-18-8)9-5-10(21-2)14(23-4)11(6-9)22-3/h5-6,15H,7H2,1-4H3,(H2,17,18,19,20)/t15-/m1/s1. The van der Waals surface area contributed by atoms with Gasteiger partial charge in [0.25, 0.3) is 0 Å². The summed E-state index contributed by atoms with van der Waals surface area (Å²) in [5, 5.41) is 9.90. The van der Waals surface area contributed by atoms with Crippen LogP contribution in [0.2, 0.25) is 0 Å². The van der Waals surface area contributed by atoms with Crippen LogP contribution in [0.3, 0.4) is 0 Å². The molecule has 1 atom stereocenters. The number of rotatable bonds is 4. The lowest BCUT2D eigenvalue weighted by Gasteiger charge is -2.19. The first kappa shape index (κ1) is 16.5. The van der Waals surface area contributed by atoms with E-state index in [4.69, 9.17) is 14.2 Å². The van der Waals surface area contributed by atoms with Crippen LogP contribution in [0, 0.1) is 6.92 Å². The summed E-state index contributed by atoms with van der Waals surface area (Å²) >= 11 is 1.53. The van der Waals surface area contributed by atoms with E-state index < -0.39 is 0 Å². The van der Waals surface area contributed by atoms with E-state index in [1.807, 2.05) is 19.1 Å². The molecule has 2 aromatic rings. The lowest BCUT2D eigenvalue weighted by atomic mass is 10.0. The van der Waals surface area contributed by atoms with Crippen LogP contribution in [0.5, 0.6) is 17.2 Å². The van der Waals surface area contributed by atoms with Crippen molar-refractivity contribution >= 4 is 23.5 Å². The number of aryl methyl sites for hydroxylation is 1. The second-order valence-electron chi connectivity index (χ2n) is 5.31. The summed E-state index contributed by atoms with van der Waals surface area (Å²) in [6.45, 7) is 1.94. The van der Waals surface area contributed by atoms with E-state index in [2.05, 4.69) is 15.5 Å². The third-order valence-corrected chi connectivity index (χ3v) is 5.16. The van der Waals surface area contributed by atoms with Crippen LogP contribution in [0.25, 0.3) is 0 Å². The average molecular weight is 349 g/mol. The Morgan fingerprint density at radius 1 is 1.17 bits per heavy atom. The van der Waals surface area contributed by atoms with Gasteiger partial charge in [0.2, 0.25) is 11.7 Å². The Morgan fingerprint density at radius 2 is 1.83 bits per heavy atom. The lowest BCUT2D eigenvalue weighted by molar-refractivity contribution is -0.113. The van der Waals surface area contributed by atoms with E-state index in [0.29, 0.717) is 28.8 Å². The molecule has 0 spiro atoms. The smallest absolute Gasteiger partial charge is 0.235 e. The van der Waals surface area contributed by atoms with Crippen molar-refractivity contribution < 1.29 is 19.0 Å². The summed E-state index contributed by atoms with van der Waals surface area (Å²) in [5.74, 6) is 2.55. The Balaban J connectivity index is 2.14. The zero-order valence-corrected chi connectivity index (χ0v) is 14.7. The number of ether oxygens (including phenoxy) is 3. The number of hydrogen-bond donors (Lipinski definition) is 2. The molecule has 0 bridgehead atoms. The van der Waals surface area contributed by atoms with E-state index in [1.165, 1.54) is 11.8 Å². The number of aromatic amines is 1. The fourth-order valence-electron chi connectivity index (χ4n) is 2.78. The lowest BCUT2D eigenvalue weighted by Crippen LogP contribution is -2.12. The summed E-state index contributed by atoms with van der Waals surface area (Å²) in [6, 6.07) is 3.82. The van der Waals surface area contributed by atoms with Crippen molar-refractivity contribution in [3.8, 4) is 17.2 Å². The van der Waals surface area contributed by atoms with Crippen LogP contribution in [-0.4, -0.2) is 43.2 Å². The Kier molecular flexibility index (Phi) is 4.57. The predicted molar refractivity (Wildman–Crippen MR) is 92.4 cm³/mol. The Bertz CT molecular complexity index is 750. The van der Waals surface area contributed by atoms with Gasteiger partial charge in [-0.15, -0.1) is 11.8 Å². The maximum atomic E-state index is 11.9. The molecule has 1 aliphatic rings. The van der Waals surface area contributed by atoms with E-state index >= 15 is 0 Å². The van der Waals surface area contributed by atoms with Gasteiger partial charge in [-0.1, -0.05) is 0 Å². The number of methoxy groups -OCH3 is 3. The molecule has 0 saturated heterocycles. The topological polar surface area (TPSA) is 85.5 Å². The average Bonchev–Trinajstić information content (AvgIpc) is 2.85. The molecule has 1 aliphatic heterocycles. The molecule has 1 aromatic heterocycles. The molecule has 0 aliphatic carbocycles. The first-order chi connectivity index (χ1) is 11.6. The van der Waals surface area contributed by atoms with Gasteiger partial charge in [-0.2, -0.15) is 5.10 Å².